The number of hydrogen-bond donors (Lipinski definition) is 5. The number of fused-ring (bicyclic) bond motifs is 1. The predicted octanol–water partition coefficient (Wildman–Crippen LogP) is -1.63. The Hall–Kier alpha value is -4.10. The molecule has 0 bridgehead atoms. The van der Waals surface area contributed by atoms with Crippen molar-refractivity contribution in [3.63, 3.8) is 0 Å². The van der Waals surface area contributed by atoms with Gasteiger partial charge in [0, 0.05) is 23.0 Å². The lowest BCUT2D eigenvalue weighted by Gasteiger charge is -2.50. The highest BCUT2D eigenvalue weighted by atomic mass is 32.2. The molecule has 1 saturated heterocycles. The second-order valence-corrected chi connectivity index (χ2v) is 12.0. The molecule has 0 radical (unpaired) electrons. The lowest BCUT2D eigenvalue weighted by Crippen LogP contribution is -2.71. The smallest absolute Gasteiger partial charge is 0.392 e. The van der Waals surface area contributed by atoms with Gasteiger partial charge in [-0.15, -0.1) is 23.1 Å². The van der Waals surface area contributed by atoms with Gasteiger partial charge in [-0.2, -0.15) is 0 Å². The highest BCUT2D eigenvalue weighted by molar-refractivity contribution is 8.01. The van der Waals surface area contributed by atoms with Gasteiger partial charge in [-0.3, -0.25) is 25.0 Å². The number of hydrogen-bond acceptors (Lipinski definition) is 15. The summed E-state index contributed by atoms with van der Waals surface area (Å²) in [5, 5.41) is 29.0. The lowest BCUT2D eigenvalue weighted by atomic mass is 10.0. The molecule has 224 valence electrons. The van der Waals surface area contributed by atoms with Gasteiger partial charge in [0.1, 0.15) is 28.2 Å². The Balaban J connectivity index is 1.51. The van der Waals surface area contributed by atoms with Crippen molar-refractivity contribution < 1.29 is 38.8 Å². The maximum absolute atomic E-state index is 13.2. The zero-order valence-corrected chi connectivity index (χ0v) is 24.8. The number of thioether (sulfide) groups is 2. The Morgan fingerprint density at radius 2 is 2.10 bits per heavy atom. The molecule has 3 atom stereocenters. The predicted molar refractivity (Wildman–Crippen MR) is 153 cm³/mol. The summed E-state index contributed by atoms with van der Waals surface area (Å²) in [6.45, 7) is 3.85. The molecular weight excluding hydrogens is 611 g/mol. The summed E-state index contributed by atoms with van der Waals surface area (Å²) >= 11 is 3.61. The standard InChI is InChI=1S/C23H27N9O7S3/c1-3-31-13(5-12(24)28-22(31)25)40-6-10-7-41-20-16(19(36)32(20)17(10)21(37)38)29-18(35)15(11-8-42-23(26)27-11)30-39-9(2)4-14(33)34/h5,8-9,16,20H,3-4,6-7H2,1-2H3,(H8,24,25,26,27,28,29,33,34,35,37,38)/b30-15-/t9?,16-,20-/m1/s1. The van der Waals surface area contributed by atoms with Crippen molar-refractivity contribution in [3.8, 4) is 0 Å². The number of aliphatic carboxylic acids is 2. The van der Waals surface area contributed by atoms with Crippen LogP contribution in [0.3, 0.4) is 0 Å². The van der Waals surface area contributed by atoms with E-state index in [1.165, 1.54) is 35.8 Å². The fraction of sp³-hybridized carbons (Fsp3) is 0.391. The lowest BCUT2D eigenvalue weighted by molar-refractivity contribution is -0.717. The van der Waals surface area contributed by atoms with Crippen molar-refractivity contribution in [1.29, 1.82) is 0 Å². The molecule has 1 fully saturated rings. The molecule has 0 aromatic carbocycles. The third-order valence-electron chi connectivity index (χ3n) is 6.06. The molecule has 0 aliphatic carbocycles. The molecule has 4 rings (SSSR count). The van der Waals surface area contributed by atoms with Crippen molar-refractivity contribution >= 4 is 81.2 Å². The van der Waals surface area contributed by atoms with Gasteiger partial charge < -0.3 is 36.6 Å². The Morgan fingerprint density at radius 3 is 2.71 bits per heavy atom. The number of rotatable bonds is 12. The molecule has 0 saturated carbocycles. The average Bonchev–Trinajstić information content (AvgIpc) is 3.34. The molecule has 2 aliphatic rings. The van der Waals surface area contributed by atoms with Crippen LogP contribution in [-0.4, -0.2) is 78.5 Å². The first-order chi connectivity index (χ1) is 19.9. The SMILES string of the molecule is CC[n+]1c(SCC2=C(C(=O)[O-])N3C(=O)[C@@H](NC(=O)/C(=N\OC(C)CC(=O)O)c4csc(N)n4)[C@H]3SC2)cc(N)nc1N. The molecule has 2 aliphatic heterocycles. The van der Waals surface area contributed by atoms with E-state index in [4.69, 9.17) is 27.1 Å². The number of nitrogens with two attached hydrogens (primary N) is 3. The topological polar surface area (TPSA) is 256 Å². The number of aromatic nitrogens is 3. The van der Waals surface area contributed by atoms with Crippen molar-refractivity contribution in [2.45, 2.75) is 49.4 Å². The zero-order chi connectivity index (χ0) is 30.7. The van der Waals surface area contributed by atoms with Gasteiger partial charge in [0.2, 0.25) is 5.82 Å². The summed E-state index contributed by atoms with van der Waals surface area (Å²) in [5.74, 6) is -3.24. The second kappa shape index (κ2) is 12.8. The van der Waals surface area contributed by atoms with Crippen LogP contribution in [0.4, 0.5) is 16.9 Å². The largest absolute Gasteiger partial charge is 0.543 e. The number of nitrogens with one attached hydrogen (secondary N) is 1. The highest BCUT2D eigenvalue weighted by Crippen LogP contribution is 2.41. The number of carbonyl (C=O) groups is 4. The number of carboxylic acid groups (broad SMARTS) is 2. The average molecular weight is 638 g/mol. The van der Waals surface area contributed by atoms with E-state index < -0.39 is 41.3 Å². The van der Waals surface area contributed by atoms with E-state index in [1.807, 2.05) is 6.92 Å². The Morgan fingerprint density at radius 1 is 1.36 bits per heavy atom. The number of amides is 2. The molecule has 8 N–H and O–H groups in total. The van der Waals surface area contributed by atoms with Crippen molar-refractivity contribution in [2.24, 2.45) is 5.16 Å². The van der Waals surface area contributed by atoms with Crippen molar-refractivity contribution in [2.75, 3.05) is 28.7 Å². The van der Waals surface area contributed by atoms with Gasteiger partial charge in [0.05, 0.1) is 24.6 Å². The number of thiazole rings is 1. The van der Waals surface area contributed by atoms with Crippen LogP contribution < -0.4 is 32.2 Å². The van der Waals surface area contributed by atoms with Crippen LogP contribution in [-0.2, 0) is 30.6 Å². The zero-order valence-electron chi connectivity index (χ0n) is 22.3. The quantitative estimate of drug-likeness (QED) is 0.0437. The molecule has 1 unspecified atom stereocenters. The third kappa shape index (κ3) is 6.52. The van der Waals surface area contributed by atoms with E-state index in [0.717, 1.165) is 16.2 Å². The number of anilines is 3. The second-order valence-electron chi connectivity index (χ2n) is 9.04. The van der Waals surface area contributed by atoms with E-state index in [9.17, 15) is 24.3 Å². The number of oxime groups is 1. The number of carbonyl (C=O) groups excluding carboxylic acids is 3. The molecule has 2 amide bonds. The molecular formula is C23H27N9O7S3. The monoisotopic (exact) mass is 637 g/mol. The van der Waals surface area contributed by atoms with E-state index in [0.29, 0.717) is 17.1 Å². The fourth-order valence-corrected chi connectivity index (χ4v) is 7.33. The molecule has 2 aromatic heterocycles. The summed E-state index contributed by atoms with van der Waals surface area (Å²) in [6.07, 6.45) is -1.24. The van der Waals surface area contributed by atoms with Gasteiger partial charge in [-0.1, -0.05) is 21.9 Å². The molecule has 16 nitrogen and oxygen atoms in total. The van der Waals surface area contributed by atoms with Crippen LogP contribution in [0.1, 0.15) is 26.0 Å². The van der Waals surface area contributed by atoms with Gasteiger partial charge >= 0.3 is 11.9 Å². The Labute approximate surface area is 251 Å². The molecule has 4 heterocycles. The van der Waals surface area contributed by atoms with Crippen molar-refractivity contribution in [1.82, 2.24) is 20.2 Å². The van der Waals surface area contributed by atoms with Crippen LogP contribution in [0.15, 0.2) is 32.9 Å². The first-order valence-electron chi connectivity index (χ1n) is 12.4. The Bertz CT molecular complexity index is 1500. The van der Waals surface area contributed by atoms with Crippen LogP contribution >= 0.6 is 34.9 Å². The van der Waals surface area contributed by atoms with Gasteiger partial charge in [0.15, 0.2) is 10.8 Å². The summed E-state index contributed by atoms with van der Waals surface area (Å²) < 4.78 is 1.72. The van der Waals surface area contributed by atoms with E-state index in [1.54, 1.807) is 10.6 Å². The minimum Gasteiger partial charge on any atom is -0.543 e. The summed E-state index contributed by atoms with van der Waals surface area (Å²) in [7, 11) is 0. The maximum Gasteiger partial charge on any atom is 0.392 e. The van der Waals surface area contributed by atoms with Crippen LogP contribution in [0, 0.1) is 0 Å². The van der Waals surface area contributed by atoms with E-state index in [2.05, 4.69) is 20.4 Å². The number of nitrogens with zero attached hydrogens (tertiary/aromatic N) is 5. The van der Waals surface area contributed by atoms with Gasteiger partial charge in [-0.25, -0.2) is 9.55 Å². The molecule has 42 heavy (non-hydrogen) atoms. The highest BCUT2D eigenvalue weighted by Gasteiger charge is 2.53. The number of nitrogen functional groups attached to an aromatic ring is 3. The number of carboxylic acids is 2. The first kappa shape index (κ1) is 30.8. The minimum atomic E-state index is -1.52. The Kier molecular flexibility index (Phi) is 9.42. The summed E-state index contributed by atoms with van der Waals surface area (Å²) in [6, 6.07) is 0.551. The van der Waals surface area contributed by atoms with E-state index >= 15 is 0 Å². The van der Waals surface area contributed by atoms with E-state index in [-0.39, 0.29) is 51.9 Å². The minimum absolute atomic E-state index is 0.0637. The third-order valence-corrected chi connectivity index (χ3v) is 9.20. The van der Waals surface area contributed by atoms with Crippen LogP contribution in [0.5, 0.6) is 0 Å². The van der Waals surface area contributed by atoms with Crippen molar-refractivity contribution in [3.05, 3.63) is 28.4 Å². The first-order valence-corrected chi connectivity index (χ1v) is 15.3. The number of β-lactam (4-membered cyclic amide) rings is 1. The summed E-state index contributed by atoms with van der Waals surface area (Å²) in [5.41, 5.74) is 17.4. The normalized spacial score (nSPS) is 19.1. The molecule has 19 heteroatoms. The summed E-state index contributed by atoms with van der Waals surface area (Å²) in [4.78, 5) is 63.8. The maximum atomic E-state index is 13.2. The molecule has 0 spiro atoms. The molecule has 2 aromatic rings. The fourth-order valence-electron chi connectivity index (χ4n) is 4.16. The van der Waals surface area contributed by atoms with Gasteiger partial charge in [-0.05, 0) is 19.4 Å². The van der Waals surface area contributed by atoms with Crippen LogP contribution in [0.25, 0.3) is 0 Å². The van der Waals surface area contributed by atoms with Gasteiger partial charge in [0.25, 0.3) is 11.8 Å². The van der Waals surface area contributed by atoms with Crippen LogP contribution in [0.2, 0.25) is 0 Å².